The fourth-order valence-corrected chi connectivity index (χ4v) is 4.38. The van der Waals surface area contributed by atoms with E-state index in [1.54, 1.807) is 0 Å². The second-order valence-corrected chi connectivity index (χ2v) is 7.92. The van der Waals surface area contributed by atoms with E-state index in [1.165, 1.54) is 11.7 Å². The number of benzene rings is 1. The number of hydrogen-bond acceptors (Lipinski definition) is 6. The molecule has 1 amide bonds. The van der Waals surface area contributed by atoms with Crippen LogP contribution in [0.15, 0.2) is 28.0 Å². The van der Waals surface area contributed by atoms with Gasteiger partial charge in [-0.25, -0.2) is 4.79 Å². The molecule has 0 bridgehead atoms. The first kappa shape index (κ1) is 23.1. The number of aliphatic hydroxyl groups is 1. The van der Waals surface area contributed by atoms with Crippen molar-refractivity contribution in [2.75, 3.05) is 24.8 Å². The van der Waals surface area contributed by atoms with Gasteiger partial charge in [-0.2, -0.15) is 18.2 Å². The van der Waals surface area contributed by atoms with Gasteiger partial charge in [-0.15, -0.1) is 0 Å². The number of rotatable bonds is 7. The van der Waals surface area contributed by atoms with E-state index in [0.29, 0.717) is 17.9 Å². The second kappa shape index (κ2) is 9.73. The number of ether oxygens (including phenoxy) is 1. The molecule has 31 heavy (non-hydrogen) atoms. The number of carbonyl (C=O) groups is 1. The second-order valence-electron chi connectivity index (χ2n) is 6.96. The molecule has 0 saturated carbocycles. The number of halogens is 3. The van der Waals surface area contributed by atoms with Gasteiger partial charge in [0.05, 0.1) is 37.3 Å². The molecule has 2 N–H and O–H groups in total. The Hall–Kier alpha value is -2.53. The predicted molar refractivity (Wildman–Crippen MR) is 110 cm³/mol. The van der Waals surface area contributed by atoms with Crippen molar-refractivity contribution in [2.24, 2.45) is 0 Å². The molecule has 1 aliphatic carbocycles. The third-order valence-electron chi connectivity index (χ3n) is 4.92. The van der Waals surface area contributed by atoms with Gasteiger partial charge in [0.1, 0.15) is 10.8 Å². The minimum atomic E-state index is -4.55. The number of anilines is 1. The lowest BCUT2D eigenvalue weighted by molar-refractivity contribution is -0.137. The van der Waals surface area contributed by atoms with Crippen LogP contribution in [0.4, 0.5) is 18.9 Å². The molecule has 0 atom stereocenters. The minimum Gasteiger partial charge on any atom is -0.495 e. The van der Waals surface area contributed by atoms with Crippen LogP contribution >= 0.6 is 11.8 Å². The number of carbonyl (C=O) groups excluding carboxylic acids is 1. The van der Waals surface area contributed by atoms with E-state index in [-0.39, 0.29) is 30.3 Å². The van der Waals surface area contributed by atoms with Crippen LogP contribution in [0, 0.1) is 0 Å². The summed E-state index contributed by atoms with van der Waals surface area (Å²) in [6, 6.07) is 2.84. The quantitative estimate of drug-likeness (QED) is 0.491. The SMILES string of the molecule is COc1ccc(C(F)(F)F)cc1NC(=O)CSc1nc(=O)n(CCO)c2c1CCCC2. The molecule has 3 rings (SSSR count). The zero-order valence-electron chi connectivity index (χ0n) is 16.8. The highest BCUT2D eigenvalue weighted by atomic mass is 32.2. The van der Waals surface area contributed by atoms with E-state index >= 15 is 0 Å². The largest absolute Gasteiger partial charge is 0.495 e. The van der Waals surface area contributed by atoms with Gasteiger partial charge in [-0.3, -0.25) is 9.36 Å². The molecule has 1 aliphatic rings. The fourth-order valence-electron chi connectivity index (χ4n) is 3.50. The summed E-state index contributed by atoms with van der Waals surface area (Å²) >= 11 is 1.06. The van der Waals surface area contributed by atoms with E-state index < -0.39 is 23.3 Å². The minimum absolute atomic E-state index is 0.0868. The summed E-state index contributed by atoms with van der Waals surface area (Å²) in [5.41, 5.74) is 0.226. The monoisotopic (exact) mass is 457 g/mol. The van der Waals surface area contributed by atoms with E-state index in [9.17, 15) is 27.9 Å². The van der Waals surface area contributed by atoms with Crippen LogP contribution in [-0.4, -0.2) is 40.0 Å². The van der Waals surface area contributed by atoms with Crippen LogP contribution in [0.3, 0.4) is 0 Å². The Morgan fingerprint density at radius 3 is 2.74 bits per heavy atom. The molecular weight excluding hydrogens is 435 g/mol. The Labute approximate surface area is 180 Å². The first-order valence-electron chi connectivity index (χ1n) is 9.66. The number of aliphatic hydroxyl groups excluding tert-OH is 1. The van der Waals surface area contributed by atoms with Gasteiger partial charge in [0.15, 0.2) is 0 Å². The summed E-state index contributed by atoms with van der Waals surface area (Å²) in [6.07, 6.45) is -1.31. The number of nitrogens with one attached hydrogen (secondary N) is 1. The van der Waals surface area contributed by atoms with Crippen LogP contribution in [0.2, 0.25) is 0 Å². The molecule has 7 nitrogen and oxygen atoms in total. The van der Waals surface area contributed by atoms with E-state index in [0.717, 1.165) is 54.1 Å². The Bertz CT molecular complexity index is 1020. The average Bonchev–Trinajstić information content (AvgIpc) is 2.73. The highest BCUT2D eigenvalue weighted by Crippen LogP contribution is 2.35. The molecule has 11 heteroatoms. The van der Waals surface area contributed by atoms with Gasteiger partial charge in [-0.05, 0) is 43.9 Å². The number of nitrogens with zero attached hydrogens (tertiary/aromatic N) is 2. The topological polar surface area (TPSA) is 93.5 Å². The maximum absolute atomic E-state index is 13.0. The zero-order valence-corrected chi connectivity index (χ0v) is 17.6. The van der Waals surface area contributed by atoms with E-state index in [2.05, 4.69) is 10.3 Å². The number of alkyl halides is 3. The number of hydrogen-bond donors (Lipinski definition) is 2. The molecule has 1 aromatic heterocycles. The van der Waals surface area contributed by atoms with Gasteiger partial charge in [-0.1, -0.05) is 11.8 Å². The van der Waals surface area contributed by atoms with Gasteiger partial charge in [0, 0.05) is 11.3 Å². The van der Waals surface area contributed by atoms with Crippen molar-refractivity contribution in [3.63, 3.8) is 0 Å². The molecular formula is C20H22F3N3O4S. The van der Waals surface area contributed by atoms with E-state index in [1.807, 2.05) is 0 Å². The fraction of sp³-hybridized carbons (Fsp3) is 0.450. The Morgan fingerprint density at radius 1 is 1.32 bits per heavy atom. The molecule has 2 aromatic rings. The predicted octanol–water partition coefficient (Wildman–Crippen LogP) is 2.87. The van der Waals surface area contributed by atoms with Gasteiger partial charge < -0.3 is 15.2 Å². The van der Waals surface area contributed by atoms with Crippen molar-refractivity contribution in [3.05, 3.63) is 45.5 Å². The number of thioether (sulfide) groups is 1. The normalized spacial score (nSPS) is 13.6. The Kier molecular flexibility index (Phi) is 7.26. The van der Waals surface area contributed by atoms with Crippen molar-refractivity contribution >= 4 is 23.4 Å². The zero-order chi connectivity index (χ0) is 22.6. The molecule has 1 aromatic carbocycles. The number of fused-ring (bicyclic) bond motifs is 1. The number of methoxy groups -OCH3 is 1. The third-order valence-corrected chi connectivity index (χ3v) is 5.93. The number of amides is 1. The summed E-state index contributed by atoms with van der Waals surface area (Å²) in [6.45, 7) is -0.0172. The van der Waals surface area contributed by atoms with E-state index in [4.69, 9.17) is 4.74 Å². The maximum Gasteiger partial charge on any atom is 0.416 e. The third kappa shape index (κ3) is 5.40. The highest BCUT2D eigenvalue weighted by molar-refractivity contribution is 8.00. The first-order chi connectivity index (χ1) is 14.7. The van der Waals surface area contributed by atoms with Crippen LogP contribution in [0.25, 0.3) is 0 Å². The molecule has 0 unspecified atom stereocenters. The number of aromatic nitrogens is 2. The molecule has 168 valence electrons. The lowest BCUT2D eigenvalue weighted by Crippen LogP contribution is -2.31. The lowest BCUT2D eigenvalue weighted by Gasteiger charge is -2.22. The Morgan fingerprint density at radius 2 is 2.06 bits per heavy atom. The average molecular weight is 457 g/mol. The van der Waals surface area contributed by atoms with Gasteiger partial charge >= 0.3 is 11.9 Å². The van der Waals surface area contributed by atoms with Gasteiger partial charge in [0.25, 0.3) is 0 Å². The Balaban J connectivity index is 1.78. The van der Waals surface area contributed by atoms with Crippen LogP contribution in [0.5, 0.6) is 5.75 Å². The summed E-state index contributed by atoms with van der Waals surface area (Å²) in [7, 11) is 1.30. The maximum atomic E-state index is 13.0. The van der Waals surface area contributed by atoms with Crippen LogP contribution in [0.1, 0.15) is 29.7 Å². The molecule has 0 saturated heterocycles. The summed E-state index contributed by atoms with van der Waals surface area (Å²) < 4.78 is 45.5. The van der Waals surface area contributed by atoms with Crippen molar-refractivity contribution in [2.45, 2.75) is 43.4 Å². The molecule has 0 aliphatic heterocycles. The summed E-state index contributed by atoms with van der Waals surface area (Å²) in [4.78, 5) is 28.9. The molecule has 0 spiro atoms. The lowest BCUT2D eigenvalue weighted by atomic mass is 9.97. The molecule has 1 heterocycles. The smallest absolute Gasteiger partial charge is 0.416 e. The van der Waals surface area contributed by atoms with Crippen LogP contribution in [-0.2, 0) is 30.4 Å². The van der Waals surface area contributed by atoms with Crippen molar-refractivity contribution < 1.29 is 27.8 Å². The summed E-state index contributed by atoms with van der Waals surface area (Å²) in [5.74, 6) is -0.579. The van der Waals surface area contributed by atoms with Crippen molar-refractivity contribution in [1.29, 1.82) is 0 Å². The standard InChI is InChI=1S/C20H22F3N3O4S/c1-30-16-7-6-12(20(21,22)23)10-14(16)24-17(28)11-31-18-13-4-2-3-5-15(13)26(8-9-27)19(29)25-18/h6-7,10,27H,2-5,8-9,11H2,1H3,(H,24,28). The van der Waals surface area contributed by atoms with Crippen molar-refractivity contribution in [1.82, 2.24) is 9.55 Å². The highest BCUT2D eigenvalue weighted by Gasteiger charge is 2.31. The molecule has 0 fully saturated rings. The van der Waals surface area contributed by atoms with Crippen LogP contribution < -0.4 is 15.7 Å². The summed E-state index contributed by atoms with van der Waals surface area (Å²) in [5, 5.41) is 12.1. The van der Waals surface area contributed by atoms with Gasteiger partial charge in [0.2, 0.25) is 5.91 Å². The molecule has 0 radical (unpaired) electrons. The van der Waals surface area contributed by atoms with Crippen molar-refractivity contribution in [3.8, 4) is 5.75 Å². The first-order valence-corrected chi connectivity index (χ1v) is 10.6.